The molecule has 0 saturated heterocycles. The number of ketones is 1. The second-order valence-corrected chi connectivity index (χ2v) is 5.87. The molecule has 5 heteroatoms. The number of carbonyl (C=O) groups is 1. The van der Waals surface area contributed by atoms with E-state index < -0.39 is 0 Å². The Morgan fingerprint density at radius 2 is 1.89 bits per heavy atom. The van der Waals surface area contributed by atoms with Gasteiger partial charge in [-0.25, -0.2) is 0 Å². The van der Waals surface area contributed by atoms with Crippen LogP contribution < -0.4 is 5.73 Å². The van der Waals surface area contributed by atoms with E-state index >= 15 is 0 Å². The summed E-state index contributed by atoms with van der Waals surface area (Å²) in [5, 5.41) is 1.00. The van der Waals surface area contributed by atoms with Crippen molar-refractivity contribution in [2.24, 2.45) is 0 Å². The number of carbonyl (C=O) groups excluding carboxylic acids is 1. The molecule has 2 aromatic rings. The van der Waals surface area contributed by atoms with Crippen LogP contribution in [0.15, 0.2) is 40.9 Å². The van der Waals surface area contributed by atoms with Gasteiger partial charge in [0.2, 0.25) is 0 Å². The van der Waals surface area contributed by atoms with E-state index in [1.165, 1.54) is 0 Å². The van der Waals surface area contributed by atoms with Crippen molar-refractivity contribution in [2.75, 3.05) is 5.73 Å². The van der Waals surface area contributed by atoms with Crippen LogP contribution in [0.2, 0.25) is 10.0 Å². The standard InChI is InChI=1S/C14H10BrCl2NO/c15-10-2-1-8(13(17)6-10)5-14(19)9-3-11(16)7-12(18)4-9/h1-4,6-7H,5,18H2. The Bertz CT molecular complexity index is 623. The first-order chi connectivity index (χ1) is 8.95. The third kappa shape index (κ3) is 3.72. The second kappa shape index (κ2) is 5.95. The Morgan fingerprint density at radius 3 is 2.53 bits per heavy atom. The number of halogens is 3. The Labute approximate surface area is 129 Å². The molecule has 0 saturated carbocycles. The fourth-order valence-corrected chi connectivity index (χ4v) is 2.70. The number of hydrogen-bond acceptors (Lipinski definition) is 2. The molecule has 0 aliphatic heterocycles. The van der Waals surface area contributed by atoms with E-state index in [1.807, 2.05) is 12.1 Å². The van der Waals surface area contributed by atoms with E-state index in [4.69, 9.17) is 28.9 Å². The lowest BCUT2D eigenvalue weighted by Gasteiger charge is -2.06. The Kier molecular flexibility index (Phi) is 4.50. The van der Waals surface area contributed by atoms with Crippen molar-refractivity contribution >= 4 is 50.6 Å². The third-order valence-electron chi connectivity index (χ3n) is 2.61. The van der Waals surface area contributed by atoms with Crippen LogP contribution in [0.25, 0.3) is 0 Å². The van der Waals surface area contributed by atoms with Crippen LogP contribution >= 0.6 is 39.1 Å². The van der Waals surface area contributed by atoms with E-state index in [0.29, 0.717) is 21.3 Å². The van der Waals surface area contributed by atoms with Crippen molar-refractivity contribution in [2.45, 2.75) is 6.42 Å². The summed E-state index contributed by atoms with van der Waals surface area (Å²) in [5.41, 5.74) is 7.40. The minimum atomic E-state index is -0.0709. The summed E-state index contributed by atoms with van der Waals surface area (Å²) in [7, 11) is 0. The first kappa shape index (κ1) is 14.4. The van der Waals surface area contributed by atoms with Crippen LogP contribution in [0, 0.1) is 0 Å². The van der Waals surface area contributed by atoms with Gasteiger partial charge in [0, 0.05) is 32.2 Å². The summed E-state index contributed by atoms with van der Waals surface area (Å²) >= 11 is 15.3. The highest BCUT2D eigenvalue weighted by atomic mass is 79.9. The lowest BCUT2D eigenvalue weighted by molar-refractivity contribution is 0.0993. The molecule has 0 atom stereocenters. The number of Topliss-reactive ketones (excluding diaryl/α,β-unsaturated/α-hetero) is 1. The Hall–Kier alpha value is -1.03. The van der Waals surface area contributed by atoms with Crippen molar-refractivity contribution in [1.82, 2.24) is 0 Å². The normalized spacial score (nSPS) is 10.5. The number of nitrogen functional groups attached to an aromatic ring is 1. The predicted octanol–water partition coefficient (Wildman–Crippen LogP) is 4.76. The molecule has 2 N–H and O–H groups in total. The number of rotatable bonds is 3. The minimum absolute atomic E-state index is 0.0709. The summed E-state index contributed by atoms with van der Waals surface area (Å²) in [6, 6.07) is 10.2. The van der Waals surface area contributed by atoms with Gasteiger partial charge >= 0.3 is 0 Å². The summed E-state index contributed by atoms with van der Waals surface area (Å²) in [5.74, 6) is -0.0709. The van der Waals surface area contributed by atoms with Gasteiger partial charge in [0.05, 0.1) is 0 Å². The Morgan fingerprint density at radius 1 is 1.16 bits per heavy atom. The monoisotopic (exact) mass is 357 g/mol. The van der Waals surface area contributed by atoms with E-state index in [2.05, 4.69) is 15.9 Å². The molecule has 0 aliphatic carbocycles. The molecule has 0 radical (unpaired) electrons. The van der Waals surface area contributed by atoms with Gasteiger partial charge in [-0.2, -0.15) is 0 Å². The van der Waals surface area contributed by atoms with Gasteiger partial charge in [-0.15, -0.1) is 0 Å². The highest BCUT2D eigenvalue weighted by Crippen LogP contribution is 2.24. The maximum absolute atomic E-state index is 12.2. The van der Waals surface area contributed by atoms with Crippen LogP contribution in [-0.2, 0) is 6.42 Å². The van der Waals surface area contributed by atoms with E-state index in [1.54, 1.807) is 24.3 Å². The largest absolute Gasteiger partial charge is 0.399 e. The number of benzene rings is 2. The lowest BCUT2D eigenvalue weighted by Crippen LogP contribution is -2.05. The molecule has 98 valence electrons. The molecule has 2 rings (SSSR count). The topological polar surface area (TPSA) is 43.1 Å². The molecule has 0 fully saturated rings. The molecule has 2 aromatic carbocycles. The molecule has 2 nitrogen and oxygen atoms in total. The van der Waals surface area contributed by atoms with Gasteiger partial charge in [0.25, 0.3) is 0 Å². The predicted molar refractivity (Wildman–Crippen MR) is 83.1 cm³/mol. The summed E-state index contributed by atoms with van der Waals surface area (Å²) in [6.07, 6.45) is 0.214. The molecule has 0 amide bonds. The zero-order valence-electron chi connectivity index (χ0n) is 9.79. The molecular weight excluding hydrogens is 349 g/mol. The van der Waals surface area contributed by atoms with Crippen molar-refractivity contribution in [3.63, 3.8) is 0 Å². The molecular formula is C14H10BrCl2NO. The SMILES string of the molecule is Nc1cc(Cl)cc(C(=O)Cc2ccc(Br)cc2Cl)c1. The maximum atomic E-state index is 12.2. The average molecular weight is 359 g/mol. The maximum Gasteiger partial charge on any atom is 0.167 e. The molecule has 0 unspecified atom stereocenters. The molecule has 0 aliphatic rings. The van der Waals surface area contributed by atoms with Gasteiger partial charge in [-0.05, 0) is 35.9 Å². The highest BCUT2D eigenvalue weighted by molar-refractivity contribution is 9.10. The first-order valence-electron chi connectivity index (χ1n) is 5.49. The first-order valence-corrected chi connectivity index (χ1v) is 7.04. The molecule has 19 heavy (non-hydrogen) atoms. The van der Waals surface area contributed by atoms with E-state index in [9.17, 15) is 4.79 Å². The van der Waals surface area contributed by atoms with Gasteiger partial charge in [-0.1, -0.05) is 45.2 Å². The lowest BCUT2D eigenvalue weighted by atomic mass is 10.0. The number of hydrogen-bond donors (Lipinski definition) is 1. The number of nitrogens with two attached hydrogens (primary N) is 1. The van der Waals surface area contributed by atoms with Crippen LogP contribution in [0.4, 0.5) is 5.69 Å². The van der Waals surface area contributed by atoms with Crippen LogP contribution in [-0.4, -0.2) is 5.78 Å². The van der Waals surface area contributed by atoms with E-state index in [0.717, 1.165) is 10.0 Å². The molecule has 0 bridgehead atoms. The molecule has 0 spiro atoms. The van der Waals surface area contributed by atoms with Crippen molar-refractivity contribution in [1.29, 1.82) is 0 Å². The van der Waals surface area contributed by atoms with Gasteiger partial charge in [0.1, 0.15) is 0 Å². The molecule has 0 aromatic heterocycles. The summed E-state index contributed by atoms with van der Waals surface area (Å²) < 4.78 is 0.876. The fourth-order valence-electron chi connectivity index (χ4n) is 1.71. The summed E-state index contributed by atoms with van der Waals surface area (Å²) in [6.45, 7) is 0. The number of anilines is 1. The zero-order valence-corrected chi connectivity index (χ0v) is 12.9. The van der Waals surface area contributed by atoms with Gasteiger partial charge in [-0.3, -0.25) is 4.79 Å². The fraction of sp³-hybridized carbons (Fsp3) is 0.0714. The minimum Gasteiger partial charge on any atom is -0.399 e. The van der Waals surface area contributed by atoms with Crippen LogP contribution in [0.3, 0.4) is 0 Å². The van der Waals surface area contributed by atoms with Crippen LogP contribution in [0.1, 0.15) is 15.9 Å². The smallest absolute Gasteiger partial charge is 0.167 e. The van der Waals surface area contributed by atoms with Crippen LogP contribution in [0.5, 0.6) is 0 Å². The van der Waals surface area contributed by atoms with Crippen molar-refractivity contribution < 1.29 is 4.79 Å². The van der Waals surface area contributed by atoms with Crippen molar-refractivity contribution in [3.05, 3.63) is 62.0 Å². The Balaban J connectivity index is 2.25. The quantitative estimate of drug-likeness (QED) is 0.634. The van der Waals surface area contributed by atoms with E-state index in [-0.39, 0.29) is 12.2 Å². The third-order valence-corrected chi connectivity index (χ3v) is 3.67. The second-order valence-electron chi connectivity index (χ2n) is 4.11. The highest BCUT2D eigenvalue weighted by Gasteiger charge is 2.11. The van der Waals surface area contributed by atoms with Gasteiger partial charge in [0.15, 0.2) is 5.78 Å². The summed E-state index contributed by atoms with van der Waals surface area (Å²) in [4.78, 5) is 12.2. The average Bonchev–Trinajstić information content (AvgIpc) is 2.31. The van der Waals surface area contributed by atoms with Crippen molar-refractivity contribution in [3.8, 4) is 0 Å². The van der Waals surface area contributed by atoms with Gasteiger partial charge < -0.3 is 5.73 Å². The zero-order chi connectivity index (χ0) is 14.0. The molecule has 0 heterocycles.